The lowest BCUT2D eigenvalue weighted by Crippen LogP contribution is -2.44. The van der Waals surface area contributed by atoms with Gasteiger partial charge in [-0.25, -0.2) is 0 Å². The van der Waals surface area contributed by atoms with Crippen molar-refractivity contribution in [1.29, 1.82) is 5.26 Å². The van der Waals surface area contributed by atoms with Gasteiger partial charge in [-0.3, -0.25) is 0 Å². The summed E-state index contributed by atoms with van der Waals surface area (Å²) in [6, 6.07) is 8.92. The van der Waals surface area contributed by atoms with E-state index in [1.54, 1.807) is 12.7 Å². The number of nitrogens with zero attached hydrogens (tertiary/aromatic N) is 1. The third-order valence-electron chi connectivity index (χ3n) is 7.38. The third kappa shape index (κ3) is 2.75. The number of rotatable bonds is 4. The standard InChI is InChI=1S/C22H29NO2/c1-22-11-10-18-17-7-5-16(24-2)14-15(17)4-6-19(18)20(22)8-9-21(22)25-13-3-12-23/h5,7,14,18-21H,3-4,6,8-11,13H2,1-2H3/t18?,19?,20?,21-,22-/m0/s1. The Labute approximate surface area is 151 Å². The number of aryl methyl sites for hydroxylation is 1. The molecule has 0 aliphatic heterocycles. The summed E-state index contributed by atoms with van der Waals surface area (Å²) >= 11 is 0. The van der Waals surface area contributed by atoms with Gasteiger partial charge in [0.15, 0.2) is 0 Å². The molecule has 3 unspecified atom stereocenters. The highest BCUT2D eigenvalue weighted by Gasteiger charge is 2.55. The molecule has 2 saturated carbocycles. The zero-order valence-electron chi connectivity index (χ0n) is 15.5. The van der Waals surface area contributed by atoms with Crippen LogP contribution < -0.4 is 4.74 Å². The minimum Gasteiger partial charge on any atom is -0.497 e. The highest BCUT2D eigenvalue weighted by atomic mass is 16.5. The van der Waals surface area contributed by atoms with Crippen LogP contribution in [-0.4, -0.2) is 19.8 Å². The quantitative estimate of drug-likeness (QED) is 0.736. The van der Waals surface area contributed by atoms with E-state index in [1.165, 1.54) is 44.1 Å². The summed E-state index contributed by atoms with van der Waals surface area (Å²) in [6.45, 7) is 3.06. The highest BCUT2D eigenvalue weighted by molar-refractivity contribution is 5.40. The minimum absolute atomic E-state index is 0.306. The Balaban J connectivity index is 1.55. The van der Waals surface area contributed by atoms with Gasteiger partial charge >= 0.3 is 0 Å². The molecule has 134 valence electrons. The molecule has 1 aromatic rings. The first-order valence-electron chi connectivity index (χ1n) is 9.82. The largest absolute Gasteiger partial charge is 0.497 e. The molecule has 0 radical (unpaired) electrons. The van der Waals surface area contributed by atoms with Gasteiger partial charge in [-0.1, -0.05) is 13.0 Å². The number of methoxy groups -OCH3 is 1. The summed E-state index contributed by atoms with van der Waals surface area (Å²) in [5.74, 6) is 3.27. The first kappa shape index (κ1) is 16.9. The first-order chi connectivity index (χ1) is 12.2. The van der Waals surface area contributed by atoms with Crippen LogP contribution in [0.1, 0.15) is 62.5 Å². The number of hydrogen-bond acceptors (Lipinski definition) is 3. The Hall–Kier alpha value is -1.53. The van der Waals surface area contributed by atoms with Crippen LogP contribution in [0.5, 0.6) is 5.75 Å². The van der Waals surface area contributed by atoms with E-state index >= 15 is 0 Å². The lowest BCUT2D eigenvalue weighted by atomic mass is 9.55. The highest BCUT2D eigenvalue weighted by Crippen LogP contribution is 2.61. The van der Waals surface area contributed by atoms with E-state index in [0.29, 0.717) is 30.5 Å². The number of benzene rings is 1. The Morgan fingerprint density at radius 1 is 1.24 bits per heavy atom. The molecule has 3 aliphatic rings. The van der Waals surface area contributed by atoms with Crippen LogP contribution in [0.4, 0.5) is 0 Å². The molecule has 0 aromatic heterocycles. The van der Waals surface area contributed by atoms with Gasteiger partial charge in [0.1, 0.15) is 5.75 Å². The summed E-state index contributed by atoms with van der Waals surface area (Å²) in [7, 11) is 1.75. The van der Waals surface area contributed by atoms with E-state index in [4.69, 9.17) is 14.7 Å². The van der Waals surface area contributed by atoms with Crippen molar-refractivity contribution in [2.75, 3.05) is 13.7 Å². The molecule has 2 fully saturated rings. The fourth-order valence-corrected chi connectivity index (χ4v) is 6.16. The van der Waals surface area contributed by atoms with Crippen LogP contribution in [0, 0.1) is 28.6 Å². The normalized spacial score (nSPS) is 36.0. The molecule has 3 heteroatoms. The summed E-state index contributed by atoms with van der Waals surface area (Å²) in [4.78, 5) is 0. The molecule has 25 heavy (non-hydrogen) atoms. The molecule has 0 saturated heterocycles. The van der Waals surface area contributed by atoms with Crippen molar-refractivity contribution in [2.45, 2.75) is 63.9 Å². The third-order valence-corrected chi connectivity index (χ3v) is 7.38. The van der Waals surface area contributed by atoms with E-state index in [-0.39, 0.29) is 0 Å². The van der Waals surface area contributed by atoms with E-state index in [1.807, 2.05) is 0 Å². The van der Waals surface area contributed by atoms with Crippen molar-refractivity contribution in [3.05, 3.63) is 29.3 Å². The van der Waals surface area contributed by atoms with Crippen LogP contribution >= 0.6 is 0 Å². The molecule has 0 heterocycles. The monoisotopic (exact) mass is 339 g/mol. The molecule has 5 atom stereocenters. The van der Waals surface area contributed by atoms with Crippen LogP contribution in [0.2, 0.25) is 0 Å². The molecule has 1 aromatic carbocycles. The van der Waals surface area contributed by atoms with Gasteiger partial charge in [0.2, 0.25) is 0 Å². The fraction of sp³-hybridized carbons (Fsp3) is 0.682. The topological polar surface area (TPSA) is 42.2 Å². The average Bonchev–Trinajstić information content (AvgIpc) is 2.98. The Morgan fingerprint density at radius 3 is 2.92 bits per heavy atom. The number of fused-ring (bicyclic) bond motifs is 5. The summed E-state index contributed by atoms with van der Waals surface area (Å²) < 4.78 is 11.6. The fourth-order valence-electron chi connectivity index (χ4n) is 6.16. The molecular weight excluding hydrogens is 310 g/mol. The van der Waals surface area contributed by atoms with E-state index in [0.717, 1.165) is 17.6 Å². The predicted octanol–water partition coefficient (Wildman–Crippen LogP) is 4.85. The molecule has 4 rings (SSSR count). The van der Waals surface area contributed by atoms with Crippen LogP contribution in [0.25, 0.3) is 0 Å². The zero-order valence-corrected chi connectivity index (χ0v) is 15.5. The predicted molar refractivity (Wildman–Crippen MR) is 97.6 cm³/mol. The van der Waals surface area contributed by atoms with Gasteiger partial charge < -0.3 is 9.47 Å². The van der Waals surface area contributed by atoms with Crippen molar-refractivity contribution in [3.63, 3.8) is 0 Å². The van der Waals surface area contributed by atoms with Gasteiger partial charge in [0.25, 0.3) is 0 Å². The van der Waals surface area contributed by atoms with Crippen molar-refractivity contribution in [1.82, 2.24) is 0 Å². The van der Waals surface area contributed by atoms with Gasteiger partial charge in [0, 0.05) is 0 Å². The van der Waals surface area contributed by atoms with Crippen molar-refractivity contribution in [3.8, 4) is 11.8 Å². The van der Waals surface area contributed by atoms with E-state index in [2.05, 4.69) is 31.2 Å². The molecule has 0 spiro atoms. The minimum atomic E-state index is 0.306. The Bertz CT molecular complexity index is 679. The molecule has 3 nitrogen and oxygen atoms in total. The average molecular weight is 339 g/mol. The molecule has 0 bridgehead atoms. The summed E-state index contributed by atoms with van der Waals surface area (Å²) in [6.07, 6.45) is 8.33. The second-order valence-electron chi connectivity index (χ2n) is 8.37. The molecule has 0 N–H and O–H groups in total. The van der Waals surface area contributed by atoms with Crippen LogP contribution in [0.15, 0.2) is 18.2 Å². The second kappa shape index (κ2) is 6.65. The maximum atomic E-state index is 8.78. The van der Waals surface area contributed by atoms with Gasteiger partial charge in [0.05, 0.1) is 32.3 Å². The van der Waals surface area contributed by atoms with Crippen LogP contribution in [-0.2, 0) is 11.2 Å². The number of ether oxygens (including phenoxy) is 2. The summed E-state index contributed by atoms with van der Waals surface area (Å²) in [5.41, 5.74) is 3.39. The maximum Gasteiger partial charge on any atom is 0.119 e. The maximum absolute atomic E-state index is 8.78. The second-order valence-corrected chi connectivity index (χ2v) is 8.37. The van der Waals surface area contributed by atoms with Crippen molar-refractivity contribution in [2.24, 2.45) is 17.3 Å². The van der Waals surface area contributed by atoms with E-state index in [9.17, 15) is 0 Å². The first-order valence-corrected chi connectivity index (χ1v) is 9.82. The van der Waals surface area contributed by atoms with Gasteiger partial charge in [-0.2, -0.15) is 5.26 Å². The summed E-state index contributed by atoms with van der Waals surface area (Å²) in [5, 5.41) is 8.78. The Kier molecular flexibility index (Phi) is 4.50. The van der Waals surface area contributed by atoms with Crippen molar-refractivity contribution >= 4 is 0 Å². The molecule has 3 aliphatic carbocycles. The van der Waals surface area contributed by atoms with E-state index < -0.39 is 0 Å². The smallest absolute Gasteiger partial charge is 0.119 e. The number of nitriles is 1. The van der Waals surface area contributed by atoms with Gasteiger partial charge in [-0.15, -0.1) is 0 Å². The number of hydrogen-bond donors (Lipinski definition) is 0. The zero-order chi connectivity index (χ0) is 17.4. The Morgan fingerprint density at radius 2 is 2.12 bits per heavy atom. The van der Waals surface area contributed by atoms with Crippen LogP contribution in [0.3, 0.4) is 0 Å². The lowest BCUT2D eigenvalue weighted by Gasteiger charge is -2.50. The molecule has 0 amide bonds. The van der Waals surface area contributed by atoms with Crippen molar-refractivity contribution < 1.29 is 9.47 Å². The van der Waals surface area contributed by atoms with Gasteiger partial charge in [-0.05, 0) is 85.0 Å². The SMILES string of the molecule is COc1ccc2c(c1)CCC1C2CC[C@@]2(C)C1CC[C@@H]2OCCC#N. The lowest BCUT2D eigenvalue weighted by molar-refractivity contribution is -0.0623. The molecular formula is C22H29NO2.